The minimum absolute atomic E-state index is 0.143. The summed E-state index contributed by atoms with van der Waals surface area (Å²) in [5.41, 5.74) is 3.64. The number of carbonyl (C=O) groups is 3. The lowest BCUT2D eigenvalue weighted by molar-refractivity contribution is -0.147. The molecule has 2 aromatic carbocycles. The summed E-state index contributed by atoms with van der Waals surface area (Å²) in [5, 5.41) is 15.3. The second-order valence-corrected chi connectivity index (χ2v) is 12.4. The number of rotatable bonds is 15. The molecule has 10 heteroatoms. The van der Waals surface area contributed by atoms with E-state index in [9.17, 15) is 19.5 Å². The van der Waals surface area contributed by atoms with Crippen LogP contribution in [0.2, 0.25) is 5.02 Å². The summed E-state index contributed by atoms with van der Waals surface area (Å²) in [4.78, 5) is 44.5. The molecule has 0 saturated heterocycles. The highest BCUT2D eigenvalue weighted by atomic mass is 35.5. The molecule has 234 valence electrons. The van der Waals surface area contributed by atoms with Crippen LogP contribution in [0.4, 0.5) is 11.4 Å². The van der Waals surface area contributed by atoms with Crippen LogP contribution in [0, 0.1) is 12.3 Å². The van der Waals surface area contributed by atoms with Crippen LogP contribution in [0.1, 0.15) is 96.7 Å². The van der Waals surface area contributed by atoms with Gasteiger partial charge in [-0.3, -0.25) is 14.4 Å². The average Bonchev–Trinajstić information content (AvgIpc) is 3.71. The Morgan fingerprint density at radius 1 is 1.14 bits per heavy atom. The summed E-state index contributed by atoms with van der Waals surface area (Å²) < 4.78 is 5.53. The van der Waals surface area contributed by atoms with Gasteiger partial charge in [-0.2, -0.15) is 0 Å². The summed E-state index contributed by atoms with van der Waals surface area (Å²) in [6.07, 6.45) is 5.07. The van der Waals surface area contributed by atoms with Crippen LogP contribution < -0.4 is 15.5 Å². The number of nitrogens with one attached hydrogen (secondary N) is 2. The average molecular weight is 621 g/mol. The van der Waals surface area contributed by atoms with Crippen LogP contribution in [0.25, 0.3) is 5.57 Å². The van der Waals surface area contributed by atoms with Crippen LogP contribution >= 0.6 is 11.6 Å². The van der Waals surface area contributed by atoms with Gasteiger partial charge in [0.05, 0.1) is 27.4 Å². The predicted octanol–water partition coefficient (Wildman–Crippen LogP) is 7.32. The summed E-state index contributed by atoms with van der Waals surface area (Å²) in [6, 6.07) is 11.4. The van der Waals surface area contributed by atoms with Crippen molar-refractivity contribution in [2.45, 2.75) is 65.7 Å². The van der Waals surface area contributed by atoms with Gasteiger partial charge in [0.2, 0.25) is 0 Å². The zero-order valence-electron chi connectivity index (χ0n) is 25.8. The SMILES string of the molecule is C=C(CCN(CCC)c1cc(Cl)c(C(=O)NCCC(C)(C)C(=O)O)cc1NC(=O)c1coc(C2CC2)n1)c1ccccc1C. The fraction of sp³-hybridized carbons (Fsp3) is 0.412. The number of halogens is 1. The number of carboxylic acids is 1. The molecule has 1 aliphatic carbocycles. The molecule has 0 spiro atoms. The van der Waals surface area contributed by atoms with Gasteiger partial charge in [-0.05, 0) is 81.7 Å². The van der Waals surface area contributed by atoms with E-state index in [1.807, 2.05) is 12.1 Å². The second kappa shape index (κ2) is 14.1. The quantitative estimate of drug-likeness (QED) is 0.163. The van der Waals surface area contributed by atoms with E-state index in [0.29, 0.717) is 36.8 Å². The van der Waals surface area contributed by atoms with Crippen molar-refractivity contribution < 1.29 is 23.9 Å². The Balaban J connectivity index is 1.61. The van der Waals surface area contributed by atoms with Crippen molar-refractivity contribution in [3.63, 3.8) is 0 Å². The lowest BCUT2D eigenvalue weighted by Gasteiger charge is -2.28. The Kier molecular flexibility index (Phi) is 10.5. The van der Waals surface area contributed by atoms with Gasteiger partial charge in [-0.1, -0.05) is 49.4 Å². The Morgan fingerprint density at radius 2 is 1.86 bits per heavy atom. The van der Waals surface area contributed by atoms with Gasteiger partial charge in [-0.25, -0.2) is 4.98 Å². The molecule has 3 aromatic rings. The number of anilines is 2. The highest BCUT2D eigenvalue weighted by Gasteiger charge is 2.30. The lowest BCUT2D eigenvalue weighted by Crippen LogP contribution is -2.32. The molecule has 0 radical (unpaired) electrons. The van der Waals surface area contributed by atoms with Crippen molar-refractivity contribution in [1.82, 2.24) is 10.3 Å². The Labute approximate surface area is 263 Å². The number of carboxylic acid groups (broad SMARTS) is 1. The maximum atomic E-state index is 13.3. The van der Waals surface area contributed by atoms with E-state index in [1.54, 1.807) is 26.0 Å². The molecule has 1 aromatic heterocycles. The van der Waals surface area contributed by atoms with E-state index in [2.05, 4.69) is 53.1 Å². The molecule has 1 saturated carbocycles. The molecule has 9 nitrogen and oxygen atoms in total. The van der Waals surface area contributed by atoms with Gasteiger partial charge in [0.15, 0.2) is 11.6 Å². The number of aryl methyl sites for hydroxylation is 1. The predicted molar refractivity (Wildman–Crippen MR) is 174 cm³/mol. The molecule has 0 bridgehead atoms. The maximum absolute atomic E-state index is 13.3. The minimum Gasteiger partial charge on any atom is -0.481 e. The number of carbonyl (C=O) groups excluding carboxylic acids is 2. The van der Waals surface area contributed by atoms with Gasteiger partial charge in [0, 0.05) is 25.6 Å². The molecule has 1 heterocycles. The zero-order valence-corrected chi connectivity index (χ0v) is 26.6. The molecule has 1 aliphatic rings. The van der Waals surface area contributed by atoms with Crippen LogP contribution in [0.15, 0.2) is 53.7 Å². The summed E-state index contributed by atoms with van der Waals surface area (Å²) >= 11 is 6.70. The van der Waals surface area contributed by atoms with Gasteiger partial charge in [0.25, 0.3) is 11.8 Å². The van der Waals surface area contributed by atoms with E-state index in [1.165, 1.54) is 6.26 Å². The standard InChI is InChI=1S/C34H41ClN4O5/c1-6-16-39(17-13-22(3)24-10-8-7-9-21(24)2)29-19-26(35)25(30(40)36-15-14-34(4,5)33(42)43)18-27(29)37-31(41)28-20-44-32(38-28)23-11-12-23/h7-10,18-20,23H,3,6,11-17H2,1-2,4-5H3,(H,36,40)(H,37,41)(H,42,43). The van der Waals surface area contributed by atoms with Gasteiger partial charge in [-0.15, -0.1) is 0 Å². The van der Waals surface area contributed by atoms with Crippen LogP contribution in [-0.2, 0) is 4.79 Å². The first-order valence-corrected chi connectivity index (χ1v) is 15.4. The van der Waals surface area contributed by atoms with Crippen LogP contribution in [0.5, 0.6) is 0 Å². The van der Waals surface area contributed by atoms with Crippen molar-refractivity contribution in [1.29, 1.82) is 0 Å². The fourth-order valence-electron chi connectivity index (χ4n) is 4.88. The van der Waals surface area contributed by atoms with Crippen molar-refractivity contribution in [3.05, 3.63) is 82.5 Å². The smallest absolute Gasteiger partial charge is 0.309 e. The van der Waals surface area contributed by atoms with E-state index in [-0.39, 0.29) is 35.2 Å². The molecule has 4 rings (SSSR count). The number of benzene rings is 2. The summed E-state index contributed by atoms with van der Waals surface area (Å²) in [5.74, 6) is -1.06. The van der Waals surface area contributed by atoms with Gasteiger partial charge >= 0.3 is 5.97 Å². The summed E-state index contributed by atoms with van der Waals surface area (Å²) in [7, 11) is 0. The van der Waals surface area contributed by atoms with E-state index in [4.69, 9.17) is 16.0 Å². The third-order valence-electron chi connectivity index (χ3n) is 7.92. The molecule has 3 N–H and O–H groups in total. The molecule has 2 amide bonds. The Bertz CT molecular complexity index is 1540. The number of aromatic nitrogens is 1. The summed E-state index contributed by atoms with van der Waals surface area (Å²) in [6.45, 7) is 13.1. The molecule has 0 atom stereocenters. The normalized spacial score (nSPS) is 12.9. The monoisotopic (exact) mass is 620 g/mol. The van der Waals surface area contributed by atoms with E-state index in [0.717, 1.165) is 36.0 Å². The second-order valence-electron chi connectivity index (χ2n) is 12.0. The number of nitrogens with zero attached hydrogens (tertiary/aromatic N) is 2. The molecule has 1 fully saturated rings. The highest BCUT2D eigenvalue weighted by molar-refractivity contribution is 6.34. The number of amides is 2. The number of oxazole rings is 1. The first kappa shape index (κ1) is 32.8. The topological polar surface area (TPSA) is 125 Å². The van der Waals surface area contributed by atoms with Crippen molar-refractivity contribution in [3.8, 4) is 0 Å². The number of aliphatic carboxylic acids is 1. The molecule has 0 aliphatic heterocycles. The number of hydrogen-bond acceptors (Lipinski definition) is 6. The van der Waals surface area contributed by atoms with E-state index >= 15 is 0 Å². The van der Waals surface area contributed by atoms with Gasteiger partial charge < -0.3 is 25.1 Å². The molecule has 0 unspecified atom stereocenters. The highest BCUT2D eigenvalue weighted by Crippen LogP contribution is 2.39. The molecular weight excluding hydrogens is 580 g/mol. The Morgan fingerprint density at radius 3 is 2.52 bits per heavy atom. The van der Waals surface area contributed by atoms with Crippen LogP contribution in [0.3, 0.4) is 0 Å². The van der Waals surface area contributed by atoms with Crippen LogP contribution in [-0.4, -0.2) is 47.5 Å². The fourth-order valence-corrected chi connectivity index (χ4v) is 5.13. The number of hydrogen-bond donors (Lipinski definition) is 3. The third kappa shape index (κ3) is 8.08. The molecule has 44 heavy (non-hydrogen) atoms. The molecular formula is C34H41ClN4O5. The minimum atomic E-state index is -1.00. The lowest BCUT2D eigenvalue weighted by atomic mass is 9.90. The zero-order chi connectivity index (χ0) is 32.0. The third-order valence-corrected chi connectivity index (χ3v) is 8.23. The maximum Gasteiger partial charge on any atom is 0.309 e. The van der Waals surface area contributed by atoms with Crippen molar-refractivity contribution in [2.75, 3.05) is 29.9 Å². The first-order chi connectivity index (χ1) is 20.9. The first-order valence-electron chi connectivity index (χ1n) is 15.0. The van der Waals surface area contributed by atoms with Gasteiger partial charge in [0.1, 0.15) is 6.26 Å². The van der Waals surface area contributed by atoms with E-state index < -0.39 is 23.2 Å². The Hall–Kier alpha value is -4.11. The van der Waals surface area contributed by atoms with Crippen molar-refractivity contribution >= 4 is 46.3 Å². The van der Waals surface area contributed by atoms with Crippen molar-refractivity contribution in [2.24, 2.45) is 5.41 Å². The largest absolute Gasteiger partial charge is 0.481 e.